The Hall–Kier alpha value is -2.05. The number of imidazole rings is 1. The summed E-state index contributed by atoms with van der Waals surface area (Å²) in [6.45, 7) is 0.822. The molecular formula is C16H26N6O5. The minimum absolute atomic E-state index is 0.0980. The van der Waals surface area contributed by atoms with Crippen LogP contribution in [0.2, 0.25) is 0 Å². The molecule has 150 valence electrons. The number of anilines is 1. The van der Waals surface area contributed by atoms with E-state index in [0.29, 0.717) is 19.0 Å². The van der Waals surface area contributed by atoms with Gasteiger partial charge in [-0.1, -0.05) is 12.8 Å². The molecule has 0 aliphatic carbocycles. The molecule has 1 aliphatic rings. The second kappa shape index (κ2) is 8.76. The van der Waals surface area contributed by atoms with E-state index < -0.39 is 36.7 Å². The number of aromatic nitrogens is 4. The number of aromatic amines is 1. The summed E-state index contributed by atoms with van der Waals surface area (Å²) in [6, 6.07) is 0. The summed E-state index contributed by atoms with van der Waals surface area (Å²) in [5.41, 5.74) is 5.38. The third-order valence-corrected chi connectivity index (χ3v) is 4.67. The Morgan fingerprint density at radius 2 is 2.04 bits per heavy atom. The first-order valence-corrected chi connectivity index (χ1v) is 9.10. The molecule has 4 atom stereocenters. The molecule has 1 saturated heterocycles. The highest BCUT2D eigenvalue weighted by atomic mass is 16.6. The van der Waals surface area contributed by atoms with Crippen molar-refractivity contribution in [2.24, 2.45) is 5.73 Å². The summed E-state index contributed by atoms with van der Waals surface area (Å²) in [6.07, 6.45) is 0.588. The number of hydrogen-bond acceptors (Lipinski definition) is 9. The SMILES string of the molecule is NCCCCCCNc1nc2c(=O)[nH]cnc2n1[C@@H]1O[C@H](CO)[C@@H](O)[C@H]1O. The standard InChI is InChI=1S/C16H26N6O5/c17-5-3-1-2-4-6-18-16-21-10-13(19-8-20-14(10)26)22(16)15-12(25)11(24)9(7-23)27-15/h8-9,11-12,15,23-25H,1-7,17H2,(H,18,21)(H,19,20,26)/t9-,11-,12-,15-/m1/s1. The van der Waals surface area contributed by atoms with Gasteiger partial charge in [-0.2, -0.15) is 0 Å². The second-order valence-electron chi connectivity index (χ2n) is 6.57. The molecule has 2 aromatic rings. The maximum atomic E-state index is 12.1. The largest absolute Gasteiger partial charge is 0.394 e. The van der Waals surface area contributed by atoms with Crippen molar-refractivity contribution in [3.05, 3.63) is 16.7 Å². The third-order valence-electron chi connectivity index (χ3n) is 4.67. The van der Waals surface area contributed by atoms with E-state index in [2.05, 4.69) is 20.3 Å². The van der Waals surface area contributed by atoms with Crippen LogP contribution in [0.25, 0.3) is 11.2 Å². The molecule has 2 aromatic heterocycles. The Morgan fingerprint density at radius 1 is 1.26 bits per heavy atom. The van der Waals surface area contributed by atoms with Gasteiger partial charge in [-0.05, 0) is 19.4 Å². The van der Waals surface area contributed by atoms with Crippen molar-refractivity contribution in [1.29, 1.82) is 0 Å². The number of nitrogens with two attached hydrogens (primary N) is 1. The summed E-state index contributed by atoms with van der Waals surface area (Å²) >= 11 is 0. The van der Waals surface area contributed by atoms with Crippen molar-refractivity contribution in [1.82, 2.24) is 19.5 Å². The van der Waals surface area contributed by atoms with Gasteiger partial charge in [0, 0.05) is 6.54 Å². The smallest absolute Gasteiger partial charge is 0.278 e. The Labute approximate surface area is 155 Å². The number of unbranched alkanes of at least 4 members (excludes halogenated alkanes) is 3. The van der Waals surface area contributed by atoms with Gasteiger partial charge in [-0.15, -0.1) is 0 Å². The lowest BCUT2D eigenvalue weighted by atomic mass is 10.1. The third kappa shape index (κ3) is 3.96. The molecule has 0 spiro atoms. The first-order chi connectivity index (χ1) is 13.1. The summed E-state index contributed by atoms with van der Waals surface area (Å²) in [5.74, 6) is 0.308. The monoisotopic (exact) mass is 382 g/mol. The Kier molecular flexibility index (Phi) is 6.39. The number of H-pyrrole nitrogens is 1. The molecule has 27 heavy (non-hydrogen) atoms. The van der Waals surface area contributed by atoms with Crippen molar-refractivity contribution < 1.29 is 20.1 Å². The van der Waals surface area contributed by atoms with Crippen LogP contribution in [0.15, 0.2) is 11.1 Å². The molecule has 0 aromatic carbocycles. The minimum atomic E-state index is -1.30. The number of nitrogens with zero attached hydrogens (tertiary/aromatic N) is 3. The molecule has 11 heteroatoms. The lowest BCUT2D eigenvalue weighted by Gasteiger charge is -2.19. The maximum absolute atomic E-state index is 12.1. The highest BCUT2D eigenvalue weighted by Gasteiger charge is 2.45. The number of ether oxygens (including phenoxy) is 1. The Balaban J connectivity index is 1.86. The van der Waals surface area contributed by atoms with Crippen molar-refractivity contribution in [2.75, 3.05) is 25.0 Å². The van der Waals surface area contributed by atoms with Gasteiger partial charge in [0.15, 0.2) is 17.4 Å². The molecule has 7 N–H and O–H groups in total. The van der Waals surface area contributed by atoms with Crippen LogP contribution in [-0.4, -0.2) is 72.8 Å². The quantitative estimate of drug-likeness (QED) is 0.287. The highest BCUT2D eigenvalue weighted by molar-refractivity contribution is 5.73. The van der Waals surface area contributed by atoms with Gasteiger partial charge in [-0.25, -0.2) is 9.97 Å². The van der Waals surface area contributed by atoms with Gasteiger partial charge >= 0.3 is 0 Å². The first-order valence-electron chi connectivity index (χ1n) is 9.10. The van der Waals surface area contributed by atoms with E-state index in [9.17, 15) is 20.1 Å². The molecule has 0 radical (unpaired) electrons. The van der Waals surface area contributed by atoms with Crippen LogP contribution in [0, 0.1) is 0 Å². The normalized spacial score (nSPS) is 25.3. The van der Waals surface area contributed by atoms with E-state index in [1.165, 1.54) is 10.9 Å². The van der Waals surface area contributed by atoms with Gasteiger partial charge in [0.1, 0.15) is 18.3 Å². The van der Waals surface area contributed by atoms with Crippen molar-refractivity contribution in [2.45, 2.75) is 50.2 Å². The van der Waals surface area contributed by atoms with Crippen LogP contribution in [0.5, 0.6) is 0 Å². The number of fused-ring (bicyclic) bond motifs is 1. The van der Waals surface area contributed by atoms with Crippen molar-refractivity contribution in [3.8, 4) is 0 Å². The predicted molar refractivity (Wildman–Crippen MR) is 97.2 cm³/mol. The lowest BCUT2D eigenvalue weighted by Crippen LogP contribution is -2.33. The fraction of sp³-hybridized carbons (Fsp3) is 0.688. The van der Waals surface area contributed by atoms with E-state index in [-0.39, 0.29) is 11.2 Å². The number of hydrogen-bond donors (Lipinski definition) is 6. The van der Waals surface area contributed by atoms with Gasteiger partial charge in [0.05, 0.1) is 12.9 Å². The molecule has 0 saturated carbocycles. The summed E-state index contributed by atoms with van der Waals surface area (Å²) in [4.78, 5) is 23.0. The van der Waals surface area contributed by atoms with Gasteiger partial charge < -0.3 is 36.1 Å². The highest BCUT2D eigenvalue weighted by Crippen LogP contribution is 2.33. The average Bonchev–Trinajstić information content (AvgIpc) is 3.17. The van der Waals surface area contributed by atoms with Gasteiger partial charge in [0.2, 0.25) is 5.95 Å². The molecule has 1 aliphatic heterocycles. The number of rotatable bonds is 9. The summed E-state index contributed by atoms with van der Waals surface area (Å²) in [7, 11) is 0. The van der Waals surface area contributed by atoms with Gasteiger partial charge in [-0.3, -0.25) is 9.36 Å². The minimum Gasteiger partial charge on any atom is -0.394 e. The van der Waals surface area contributed by atoms with Crippen LogP contribution >= 0.6 is 0 Å². The van der Waals surface area contributed by atoms with E-state index in [1.807, 2.05) is 0 Å². The van der Waals surface area contributed by atoms with E-state index in [4.69, 9.17) is 10.5 Å². The zero-order valence-electron chi connectivity index (χ0n) is 14.9. The van der Waals surface area contributed by atoms with Crippen LogP contribution in [0.1, 0.15) is 31.9 Å². The fourth-order valence-corrected chi connectivity index (χ4v) is 3.20. The summed E-state index contributed by atoms with van der Waals surface area (Å²) in [5, 5.41) is 32.9. The van der Waals surface area contributed by atoms with Crippen LogP contribution < -0.4 is 16.6 Å². The van der Waals surface area contributed by atoms with Crippen LogP contribution in [0.4, 0.5) is 5.95 Å². The maximum Gasteiger partial charge on any atom is 0.278 e. The van der Waals surface area contributed by atoms with Crippen LogP contribution in [0.3, 0.4) is 0 Å². The molecular weight excluding hydrogens is 356 g/mol. The summed E-state index contributed by atoms with van der Waals surface area (Å²) < 4.78 is 7.05. The Morgan fingerprint density at radius 3 is 2.74 bits per heavy atom. The zero-order valence-corrected chi connectivity index (χ0v) is 14.9. The van der Waals surface area contributed by atoms with E-state index in [0.717, 1.165) is 25.7 Å². The van der Waals surface area contributed by atoms with Gasteiger partial charge in [0.25, 0.3) is 5.56 Å². The van der Waals surface area contributed by atoms with Crippen LogP contribution in [-0.2, 0) is 4.74 Å². The first kappa shape index (κ1) is 19.7. The molecule has 11 nitrogen and oxygen atoms in total. The number of aliphatic hydroxyl groups excluding tert-OH is 3. The zero-order chi connectivity index (χ0) is 19.4. The average molecular weight is 382 g/mol. The molecule has 0 amide bonds. The lowest BCUT2D eigenvalue weighted by molar-refractivity contribution is -0.0501. The van der Waals surface area contributed by atoms with Crippen molar-refractivity contribution in [3.63, 3.8) is 0 Å². The Bertz CT molecular complexity index is 808. The molecule has 0 unspecified atom stereocenters. The topological polar surface area (TPSA) is 172 Å². The van der Waals surface area contributed by atoms with Crippen molar-refractivity contribution >= 4 is 17.1 Å². The fourth-order valence-electron chi connectivity index (χ4n) is 3.20. The van der Waals surface area contributed by atoms with E-state index in [1.54, 1.807) is 0 Å². The molecule has 3 heterocycles. The predicted octanol–water partition coefficient (Wildman–Crippen LogP) is -1.34. The molecule has 3 rings (SSSR count). The molecule has 0 bridgehead atoms. The number of nitrogens with one attached hydrogen (secondary N) is 2. The number of aliphatic hydroxyl groups is 3. The van der Waals surface area contributed by atoms with E-state index >= 15 is 0 Å². The second-order valence-corrected chi connectivity index (χ2v) is 6.57. The molecule has 1 fully saturated rings.